The summed E-state index contributed by atoms with van der Waals surface area (Å²) < 4.78 is 5.21. The van der Waals surface area contributed by atoms with Crippen molar-refractivity contribution in [1.82, 2.24) is 5.32 Å². The van der Waals surface area contributed by atoms with E-state index in [1.54, 1.807) is 6.08 Å². The molecule has 1 aliphatic carbocycles. The molecule has 0 spiro atoms. The number of carbonyl (C=O) groups is 1. The highest BCUT2D eigenvalue weighted by Crippen LogP contribution is 2.35. The highest BCUT2D eigenvalue weighted by Gasteiger charge is 2.48. The Morgan fingerprint density at radius 2 is 2.64 bits per heavy atom. The van der Waals surface area contributed by atoms with Crippen molar-refractivity contribution in [2.45, 2.75) is 6.04 Å². The Morgan fingerprint density at radius 3 is 3.18 bits per heavy atom. The molecule has 2 atom stereocenters. The summed E-state index contributed by atoms with van der Waals surface area (Å²) in [5, 5.41) is 2.73. The van der Waals surface area contributed by atoms with Crippen molar-refractivity contribution >= 4 is 5.91 Å². The van der Waals surface area contributed by atoms with Crippen molar-refractivity contribution in [2.24, 2.45) is 5.92 Å². The maximum absolute atomic E-state index is 10.8. The fraction of sp³-hybridized carbons (Fsp3) is 0.375. The van der Waals surface area contributed by atoms with E-state index in [2.05, 4.69) is 11.9 Å². The fourth-order valence-corrected chi connectivity index (χ4v) is 1.30. The van der Waals surface area contributed by atoms with Crippen LogP contribution in [0.15, 0.2) is 24.5 Å². The van der Waals surface area contributed by atoms with Gasteiger partial charge < -0.3 is 10.1 Å². The lowest BCUT2D eigenvalue weighted by atomic mass is 9.79. The van der Waals surface area contributed by atoms with Crippen molar-refractivity contribution in [2.75, 3.05) is 6.61 Å². The van der Waals surface area contributed by atoms with Gasteiger partial charge in [-0.05, 0) is 6.08 Å². The average Bonchev–Trinajstić information content (AvgIpc) is 1.95. The summed E-state index contributed by atoms with van der Waals surface area (Å²) in [4.78, 5) is 10.8. The van der Waals surface area contributed by atoms with Crippen LogP contribution < -0.4 is 5.32 Å². The summed E-state index contributed by atoms with van der Waals surface area (Å²) in [5.41, 5.74) is 0. The molecule has 58 valence electrons. The number of nitrogens with one attached hydrogen (secondary N) is 1. The number of rotatable bonds is 3. The van der Waals surface area contributed by atoms with Gasteiger partial charge in [-0.2, -0.15) is 0 Å². The first-order valence-corrected chi connectivity index (χ1v) is 3.58. The molecule has 1 aliphatic heterocycles. The number of fused-ring (bicyclic) bond motifs is 1. The van der Waals surface area contributed by atoms with Gasteiger partial charge in [-0.3, -0.25) is 4.79 Å². The van der Waals surface area contributed by atoms with Gasteiger partial charge in [-0.25, -0.2) is 0 Å². The summed E-state index contributed by atoms with van der Waals surface area (Å²) in [7, 11) is 0. The molecule has 2 aliphatic rings. The monoisotopic (exact) mass is 151 g/mol. The minimum Gasteiger partial charge on any atom is -0.493 e. The Balaban J connectivity index is 1.92. The number of ether oxygens (including phenoxy) is 1. The summed E-state index contributed by atoms with van der Waals surface area (Å²) in [5.74, 6) is 0.894. The summed E-state index contributed by atoms with van der Waals surface area (Å²) >= 11 is 0. The molecule has 1 amide bonds. The Kier molecular flexibility index (Phi) is 1.24. The van der Waals surface area contributed by atoms with Crippen molar-refractivity contribution in [3.8, 4) is 0 Å². The van der Waals surface area contributed by atoms with E-state index in [0.29, 0.717) is 6.61 Å². The quantitative estimate of drug-likeness (QED) is 0.462. The van der Waals surface area contributed by atoms with Crippen molar-refractivity contribution < 1.29 is 9.53 Å². The average molecular weight is 151 g/mol. The van der Waals surface area contributed by atoms with Gasteiger partial charge in [0.05, 0.1) is 6.04 Å². The molecular formula is C8H9NO2. The van der Waals surface area contributed by atoms with Crippen molar-refractivity contribution in [1.29, 1.82) is 0 Å². The van der Waals surface area contributed by atoms with E-state index in [-0.39, 0.29) is 17.9 Å². The molecule has 3 nitrogen and oxygen atoms in total. The molecule has 1 saturated heterocycles. The minimum absolute atomic E-state index is 0.00921. The second-order valence-electron chi connectivity index (χ2n) is 2.68. The molecule has 0 aromatic rings. The third-order valence-corrected chi connectivity index (χ3v) is 1.97. The van der Waals surface area contributed by atoms with E-state index in [9.17, 15) is 4.79 Å². The van der Waals surface area contributed by atoms with Crippen LogP contribution in [-0.4, -0.2) is 18.6 Å². The maximum Gasteiger partial charge on any atom is 0.233 e. The number of hydrogen-bond donors (Lipinski definition) is 1. The molecule has 1 N–H and O–H groups in total. The van der Waals surface area contributed by atoms with Crippen LogP contribution >= 0.6 is 0 Å². The van der Waals surface area contributed by atoms with Gasteiger partial charge in [0.1, 0.15) is 18.3 Å². The summed E-state index contributed by atoms with van der Waals surface area (Å²) in [6, 6.07) is 0.252. The second kappa shape index (κ2) is 2.12. The predicted octanol–water partition coefficient (Wildman–Crippen LogP) is 0.201. The lowest BCUT2D eigenvalue weighted by Crippen LogP contribution is -2.63. The Hall–Kier alpha value is -1.25. The molecule has 2 unspecified atom stereocenters. The molecule has 0 aromatic carbocycles. The Bertz CT molecular complexity index is 244. The Morgan fingerprint density at radius 1 is 1.82 bits per heavy atom. The van der Waals surface area contributed by atoms with E-state index in [4.69, 9.17) is 4.74 Å². The molecule has 0 radical (unpaired) electrons. The first-order chi connectivity index (χ1) is 5.33. The highest BCUT2D eigenvalue weighted by atomic mass is 16.5. The lowest BCUT2D eigenvalue weighted by Gasteiger charge is -2.43. The summed E-state index contributed by atoms with van der Waals surface area (Å²) in [6.45, 7) is 4.01. The first-order valence-electron chi connectivity index (χ1n) is 3.58. The van der Waals surface area contributed by atoms with Gasteiger partial charge in [-0.1, -0.05) is 12.7 Å². The van der Waals surface area contributed by atoms with Gasteiger partial charge in [-0.15, -0.1) is 0 Å². The van der Waals surface area contributed by atoms with Gasteiger partial charge in [0.25, 0.3) is 0 Å². The van der Waals surface area contributed by atoms with Crippen LogP contribution in [0.3, 0.4) is 0 Å². The largest absolute Gasteiger partial charge is 0.493 e. The van der Waals surface area contributed by atoms with Gasteiger partial charge >= 0.3 is 0 Å². The molecule has 0 saturated carbocycles. The maximum atomic E-state index is 10.8. The van der Waals surface area contributed by atoms with E-state index >= 15 is 0 Å². The van der Waals surface area contributed by atoms with Crippen LogP contribution in [0.1, 0.15) is 0 Å². The smallest absolute Gasteiger partial charge is 0.233 e. The number of β-lactam (4-membered cyclic amide) rings is 1. The molecule has 1 heterocycles. The minimum atomic E-state index is 0.00921. The van der Waals surface area contributed by atoms with Crippen LogP contribution in [0.2, 0.25) is 0 Å². The van der Waals surface area contributed by atoms with E-state index in [1.165, 1.54) is 0 Å². The SMILES string of the molecule is C=CCOC1=CC2NC(=O)C12. The zero-order valence-electron chi connectivity index (χ0n) is 6.04. The third kappa shape index (κ3) is 0.770. The Labute approximate surface area is 64.7 Å². The molecule has 1 fully saturated rings. The molecular weight excluding hydrogens is 142 g/mol. The molecule has 3 heteroatoms. The van der Waals surface area contributed by atoms with E-state index in [1.807, 2.05) is 6.08 Å². The first kappa shape index (κ1) is 6.46. The predicted molar refractivity (Wildman–Crippen MR) is 39.7 cm³/mol. The van der Waals surface area contributed by atoms with Crippen molar-refractivity contribution in [3.05, 3.63) is 24.5 Å². The lowest BCUT2D eigenvalue weighted by molar-refractivity contribution is -0.135. The summed E-state index contributed by atoms with van der Waals surface area (Å²) in [6.07, 6.45) is 3.60. The zero-order chi connectivity index (χ0) is 7.84. The second-order valence-corrected chi connectivity index (χ2v) is 2.68. The molecule has 0 aromatic heterocycles. The van der Waals surface area contributed by atoms with Crippen LogP contribution in [0.4, 0.5) is 0 Å². The van der Waals surface area contributed by atoms with Crippen LogP contribution in [0.25, 0.3) is 0 Å². The number of amides is 1. The van der Waals surface area contributed by atoms with Crippen molar-refractivity contribution in [3.63, 3.8) is 0 Å². The number of hydrogen-bond acceptors (Lipinski definition) is 2. The van der Waals surface area contributed by atoms with Gasteiger partial charge in [0.15, 0.2) is 0 Å². The van der Waals surface area contributed by atoms with Crippen LogP contribution in [0.5, 0.6) is 0 Å². The van der Waals surface area contributed by atoms with Gasteiger partial charge in [0, 0.05) is 0 Å². The zero-order valence-corrected chi connectivity index (χ0v) is 6.04. The fourth-order valence-electron chi connectivity index (χ4n) is 1.30. The molecule has 2 rings (SSSR count). The highest BCUT2D eigenvalue weighted by molar-refractivity contribution is 5.91. The standard InChI is InChI=1S/C8H9NO2/c1-2-3-11-6-4-5-7(6)8(10)9-5/h2,4-5,7H,1,3H2,(H,9,10). The third-order valence-electron chi connectivity index (χ3n) is 1.97. The van der Waals surface area contributed by atoms with E-state index in [0.717, 1.165) is 5.76 Å². The van der Waals surface area contributed by atoms with Gasteiger partial charge in [0.2, 0.25) is 5.91 Å². The van der Waals surface area contributed by atoms with E-state index < -0.39 is 0 Å². The topological polar surface area (TPSA) is 38.3 Å². The molecule has 0 bridgehead atoms. The normalized spacial score (nSPS) is 32.0. The number of carbonyl (C=O) groups excluding carboxylic acids is 1. The van der Waals surface area contributed by atoms with Crippen LogP contribution in [-0.2, 0) is 9.53 Å². The van der Waals surface area contributed by atoms with Crippen LogP contribution in [0, 0.1) is 5.92 Å². The molecule has 11 heavy (non-hydrogen) atoms.